The van der Waals surface area contributed by atoms with Crippen LogP contribution in [0.1, 0.15) is 51.5 Å². The molecule has 11 heteroatoms. The lowest BCUT2D eigenvalue weighted by atomic mass is 9.79. The molecule has 1 saturated heterocycles. The minimum Gasteiger partial charge on any atom is -0.384 e. The number of nitrogens with zero attached hydrogens (tertiary/aromatic N) is 1. The number of aryl methyl sites for hydroxylation is 1. The predicted octanol–water partition coefficient (Wildman–Crippen LogP) is 4.62. The molecule has 2 unspecified atom stereocenters. The number of anilines is 2. The Morgan fingerprint density at radius 1 is 1.17 bits per heavy atom. The highest BCUT2D eigenvalue weighted by Crippen LogP contribution is 2.36. The Bertz CT molecular complexity index is 1430. The van der Waals surface area contributed by atoms with Crippen molar-refractivity contribution >= 4 is 44.6 Å². The van der Waals surface area contributed by atoms with Crippen LogP contribution in [-0.4, -0.2) is 44.2 Å². The van der Waals surface area contributed by atoms with Crippen LogP contribution in [0.5, 0.6) is 0 Å². The summed E-state index contributed by atoms with van der Waals surface area (Å²) >= 11 is 1.45. The van der Waals surface area contributed by atoms with Crippen LogP contribution in [0.2, 0.25) is 0 Å². The molecule has 5 N–H and O–H groups in total. The van der Waals surface area contributed by atoms with Crippen LogP contribution in [0, 0.1) is 11.8 Å². The van der Waals surface area contributed by atoms with Gasteiger partial charge >= 0.3 is 0 Å². The van der Waals surface area contributed by atoms with Crippen LogP contribution in [0.3, 0.4) is 0 Å². The van der Waals surface area contributed by atoms with Crippen LogP contribution in [-0.2, 0) is 26.0 Å². The number of Topliss-reactive ketones (excluding diaryl/α,β-unsaturated/α-hetero) is 1. The van der Waals surface area contributed by atoms with Gasteiger partial charge in [-0.25, -0.2) is 18.1 Å². The first-order chi connectivity index (χ1) is 19.7. The van der Waals surface area contributed by atoms with Gasteiger partial charge in [0.1, 0.15) is 10.7 Å². The van der Waals surface area contributed by atoms with E-state index in [0.717, 1.165) is 29.8 Å². The van der Waals surface area contributed by atoms with Crippen molar-refractivity contribution in [1.29, 1.82) is 0 Å². The molecule has 1 fully saturated rings. The molecule has 9 nitrogen and oxygen atoms in total. The zero-order valence-corrected chi connectivity index (χ0v) is 25.2. The summed E-state index contributed by atoms with van der Waals surface area (Å²) in [5.41, 5.74) is 7.51. The number of para-hydroxylation sites is 1. The van der Waals surface area contributed by atoms with Crippen LogP contribution >= 0.6 is 11.3 Å². The van der Waals surface area contributed by atoms with E-state index in [1.165, 1.54) is 17.4 Å². The third kappa shape index (κ3) is 7.79. The van der Waals surface area contributed by atoms with Crippen LogP contribution < -0.4 is 21.1 Å². The second kappa shape index (κ2) is 14.2. The number of carbonyl (C=O) groups is 2. The molecule has 1 amide bonds. The fourth-order valence-corrected chi connectivity index (χ4v) is 7.53. The van der Waals surface area contributed by atoms with Crippen molar-refractivity contribution in [3.05, 3.63) is 59.6 Å². The van der Waals surface area contributed by atoms with Gasteiger partial charge < -0.3 is 16.4 Å². The standard InChI is InChI=1S/C30H39N5O4S2/c1-3-21-15-16-32-19-23(21)30(37)24(10-5-8-20-13-14-27(31)33-18-20)35-41(38,39)26-12-6-9-22(25-11-7-17-40-25)29(26)34-28(36)4-2/h6-7,9,11-14,17-18,21,23-24,32,35H,3-5,8,10,15-16,19H2,1-2H3,(H2,31,33)(H,34,36)/t21?,23?,24-/m0/s1. The van der Waals surface area contributed by atoms with E-state index in [-0.39, 0.29) is 40.5 Å². The summed E-state index contributed by atoms with van der Waals surface area (Å²) in [7, 11) is -4.20. The Morgan fingerprint density at radius 3 is 2.68 bits per heavy atom. The topological polar surface area (TPSA) is 143 Å². The average molecular weight is 598 g/mol. The summed E-state index contributed by atoms with van der Waals surface area (Å²) in [6, 6.07) is 11.4. The lowest BCUT2D eigenvalue weighted by molar-refractivity contribution is -0.127. The molecule has 41 heavy (non-hydrogen) atoms. The van der Waals surface area contributed by atoms with Gasteiger partial charge in [0.25, 0.3) is 0 Å². The maximum Gasteiger partial charge on any atom is 0.243 e. The normalized spacial score (nSPS) is 18.1. The van der Waals surface area contributed by atoms with Gasteiger partial charge in [-0.05, 0) is 67.3 Å². The van der Waals surface area contributed by atoms with E-state index in [1.54, 1.807) is 31.3 Å². The van der Waals surface area contributed by atoms with Crippen LogP contribution in [0.25, 0.3) is 10.4 Å². The van der Waals surface area contributed by atoms with Crippen molar-refractivity contribution in [3.63, 3.8) is 0 Å². The van der Waals surface area contributed by atoms with Gasteiger partial charge in [-0.1, -0.05) is 44.5 Å². The second-order valence-electron chi connectivity index (χ2n) is 10.4. The highest BCUT2D eigenvalue weighted by molar-refractivity contribution is 7.89. The number of nitrogens with two attached hydrogens (primary N) is 1. The molecule has 220 valence electrons. The van der Waals surface area contributed by atoms with Crippen molar-refractivity contribution in [2.75, 3.05) is 24.1 Å². The van der Waals surface area contributed by atoms with Crippen molar-refractivity contribution < 1.29 is 18.0 Å². The maximum atomic E-state index is 14.0. The number of amides is 1. The number of thiophene rings is 1. The van der Waals surface area contributed by atoms with E-state index >= 15 is 0 Å². The van der Waals surface area contributed by atoms with E-state index in [9.17, 15) is 18.0 Å². The molecule has 3 aromatic rings. The van der Waals surface area contributed by atoms with Gasteiger partial charge in [-0.15, -0.1) is 11.3 Å². The lowest BCUT2D eigenvalue weighted by Crippen LogP contribution is -2.50. The number of nitrogens with one attached hydrogen (secondary N) is 3. The van der Waals surface area contributed by atoms with Gasteiger partial charge in [0, 0.05) is 35.5 Å². The molecule has 3 heterocycles. The summed E-state index contributed by atoms with van der Waals surface area (Å²) in [4.78, 5) is 31.4. The molecule has 1 aliphatic rings. The SMILES string of the molecule is CCC(=O)Nc1c(-c2cccs2)cccc1S(=O)(=O)N[C@@H](CCCc1ccc(N)nc1)C(=O)C1CNCCC1CC. The van der Waals surface area contributed by atoms with Crippen molar-refractivity contribution in [3.8, 4) is 10.4 Å². The first-order valence-corrected chi connectivity index (χ1v) is 16.5. The number of hydrogen-bond donors (Lipinski definition) is 4. The van der Waals surface area contributed by atoms with Gasteiger partial charge in [0.15, 0.2) is 5.78 Å². The van der Waals surface area contributed by atoms with E-state index in [0.29, 0.717) is 37.2 Å². The number of benzene rings is 1. The van der Waals surface area contributed by atoms with Crippen LogP contribution in [0.15, 0.2) is 58.9 Å². The quantitative estimate of drug-likeness (QED) is 0.225. The molecule has 0 spiro atoms. The number of aromatic nitrogens is 1. The van der Waals surface area contributed by atoms with Crippen LogP contribution in [0.4, 0.5) is 11.5 Å². The third-order valence-electron chi connectivity index (χ3n) is 7.65. The van der Waals surface area contributed by atoms with Gasteiger partial charge in [0.2, 0.25) is 15.9 Å². The number of sulfonamides is 1. The Balaban J connectivity index is 1.65. The number of carbonyl (C=O) groups excluding carboxylic acids is 2. The minimum atomic E-state index is -4.20. The maximum absolute atomic E-state index is 14.0. The largest absolute Gasteiger partial charge is 0.384 e. The second-order valence-corrected chi connectivity index (χ2v) is 13.0. The van der Waals surface area contributed by atoms with Crippen molar-refractivity contribution in [1.82, 2.24) is 15.0 Å². The molecule has 0 aliphatic carbocycles. The number of piperidine rings is 1. The highest BCUT2D eigenvalue weighted by atomic mass is 32.2. The van der Waals surface area contributed by atoms with Crippen molar-refractivity contribution in [2.24, 2.45) is 11.8 Å². The minimum absolute atomic E-state index is 0.0560. The van der Waals surface area contributed by atoms with E-state index < -0.39 is 16.1 Å². The summed E-state index contributed by atoms with van der Waals surface area (Å²) in [5, 5.41) is 8.02. The summed E-state index contributed by atoms with van der Waals surface area (Å²) in [5.74, 6) is -0.0541. The number of pyridine rings is 1. The summed E-state index contributed by atoms with van der Waals surface area (Å²) in [6.45, 7) is 5.16. The molecular weight excluding hydrogens is 558 g/mol. The zero-order valence-electron chi connectivity index (χ0n) is 23.6. The number of nitrogen functional groups attached to an aromatic ring is 1. The number of ketones is 1. The first-order valence-electron chi connectivity index (χ1n) is 14.2. The number of hydrogen-bond acceptors (Lipinski definition) is 8. The molecule has 2 aromatic heterocycles. The monoisotopic (exact) mass is 597 g/mol. The molecule has 0 saturated carbocycles. The number of rotatable bonds is 13. The average Bonchev–Trinajstić information content (AvgIpc) is 3.52. The highest BCUT2D eigenvalue weighted by Gasteiger charge is 2.36. The molecule has 0 radical (unpaired) electrons. The zero-order chi connectivity index (χ0) is 29.4. The fourth-order valence-electron chi connectivity index (χ4n) is 5.35. The molecule has 1 aromatic carbocycles. The lowest BCUT2D eigenvalue weighted by Gasteiger charge is -2.33. The molecular formula is C30H39N5O4S2. The van der Waals surface area contributed by atoms with Gasteiger partial charge in [-0.3, -0.25) is 9.59 Å². The fraction of sp³-hybridized carbons (Fsp3) is 0.433. The molecule has 4 rings (SSSR count). The van der Waals surface area contributed by atoms with E-state index in [2.05, 4.69) is 27.3 Å². The van der Waals surface area contributed by atoms with Gasteiger partial charge in [0.05, 0.1) is 11.7 Å². The Hall–Kier alpha value is -3.12. The summed E-state index contributed by atoms with van der Waals surface area (Å²) < 4.78 is 30.8. The smallest absolute Gasteiger partial charge is 0.243 e. The first kappa shape index (κ1) is 30.8. The molecule has 3 atom stereocenters. The molecule has 1 aliphatic heterocycles. The predicted molar refractivity (Wildman–Crippen MR) is 164 cm³/mol. The molecule has 0 bridgehead atoms. The third-order valence-corrected chi connectivity index (χ3v) is 10.1. The Labute approximate surface area is 246 Å². The van der Waals surface area contributed by atoms with Crippen molar-refractivity contribution in [2.45, 2.75) is 63.3 Å². The van der Waals surface area contributed by atoms with E-state index in [1.807, 2.05) is 23.6 Å². The Kier molecular flexibility index (Phi) is 10.7. The van der Waals surface area contributed by atoms with E-state index in [4.69, 9.17) is 5.73 Å². The summed E-state index contributed by atoms with van der Waals surface area (Å²) in [6.07, 6.45) is 5.16. The van der Waals surface area contributed by atoms with Gasteiger partial charge in [-0.2, -0.15) is 0 Å². The Morgan fingerprint density at radius 2 is 2.00 bits per heavy atom.